The Labute approximate surface area is 70.9 Å². The van der Waals surface area contributed by atoms with E-state index in [2.05, 4.69) is 23.5 Å². The van der Waals surface area contributed by atoms with Crippen LogP contribution in [0.3, 0.4) is 0 Å². The van der Waals surface area contributed by atoms with Crippen LogP contribution in [0.2, 0.25) is 0 Å². The summed E-state index contributed by atoms with van der Waals surface area (Å²) < 4.78 is 0. The number of aromatic amines is 1. The smallest absolute Gasteiger partial charge is 0.0953 e. The topological polar surface area (TPSA) is 28.7 Å². The Balaban J connectivity index is 2.88. The summed E-state index contributed by atoms with van der Waals surface area (Å²) in [7, 11) is 0. The molecule has 60 valence electrons. The molecule has 0 aliphatic carbocycles. The number of pyridine rings is 1. The largest absolute Gasteiger partial charge is 0.359 e. The van der Waals surface area contributed by atoms with Crippen LogP contribution < -0.4 is 0 Å². The van der Waals surface area contributed by atoms with E-state index >= 15 is 0 Å². The molecule has 0 amide bonds. The molecule has 0 saturated heterocycles. The van der Waals surface area contributed by atoms with Crippen LogP contribution in [-0.4, -0.2) is 9.97 Å². The lowest BCUT2D eigenvalue weighted by molar-refractivity contribution is 1.35. The van der Waals surface area contributed by atoms with Crippen molar-refractivity contribution < 1.29 is 0 Å². The van der Waals surface area contributed by atoms with Gasteiger partial charge in [0.25, 0.3) is 0 Å². The average Bonchev–Trinajstić information content (AvgIpc) is 2.49. The van der Waals surface area contributed by atoms with E-state index in [1.54, 1.807) is 0 Å². The Kier molecular flexibility index (Phi) is 1.47. The summed E-state index contributed by atoms with van der Waals surface area (Å²) in [6, 6.07) is 1.99. The fraction of sp³-hybridized carbons (Fsp3) is 0.100. The van der Waals surface area contributed by atoms with Gasteiger partial charge in [-0.2, -0.15) is 0 Å². The van der Waals surface area contributed by atoms with Gasteiger partial charge in [-0.25, -0.2) is 0 Å². The zero-order valence-corrected chi connectivity index (χ0v) is 6.96. The number of aryl methyl sites for hydroxylation is 1. The molecule has 0 aliphatic heterocycles. The molecule has 0 saturated carbocycles. The molecule has 0 atom stereocenters. The highest BCUT2D eigenvalue weighted by atomic mass is 14.8. The Bertz CT molecular complexity index is 426. The van der Waals surface area contributed by atoms with Gasteiger partial charge in [-0.3, -0.25) is 4.98 Å². The molecule has 0 spiro atoms. The Morgan fingerprint density at radius 1 is 1.58 bits per heavy atom. The molecule has 2 aromatic rings. The maximum absolute atomic E-state index is 4.27. The van der Waals surface area contributed by atoms with E-state index in [9.17, 15) is 0 Å². The summed E-state index contributed by atoms with van der Waals surface area (Å²) in [5, 5.41) is 0. The molecule has 2 rings (SSSR count). The maximum Gasteiger partial charge on any atom is 0.0953 e. The van der Waals surface area contributed by atoms with Crippen molar-refractivity contribution in [2.75, 3.05) is 0 Å². The second kappa shape index (κ2) is 2.48. The van der Waals surface area contributed by atoms with Crippen molar-refractivity contribution in [2.45, 2.75) is 6.92 Å². The van der Waals surface area contributed by atoms with Crippen molar-refractivity contribution in [1.29, 1.82) is 0 Å². The van der Waals surface area contributed by atoms with Crippen molar-refractivity contribution >= 4 is 17.1 Å². The third kappa shape index (κ3) is 0.848. The van der Waals surface area contributed by atoms with Gasteiger partial charge in [-0.15, -0.1) is 0 Å². The third-order valence-electron chi connectivity index (χ3n) is 2.02. The summed E-state index contributed by atoms with van der Waals surface area (Å²) in [6.45, 7) is 5.79. The Morgan fingerprint density at radius 3 is 3.17 bits per heavy atom. The van der Waals surface area contributed by atoms with Crippen molar-refractivity contribution in [3.63, 3.8) is 0 Å². The second-order valence-electron chi connectivity index (χ2n) is 2.80. The molecular weight excluding hydrogens is 148 g/mol. The lowest BCUT2D eigenvalue weighted by Crippen LogP contribution is -1.79. The molecule has 0 aromatic carbocycles. The van der Waals surface area contributed by atoms with Crippen LogP contribution in [0, 0.1) is 6.92 Å². The summed E-state index contributed by atoms with van der Waals surface area (Å²) in [6.07, 6.45) is 5.56. The lowest BCUT2D eigenvalue weighted by Gasteiger charge is -1.93. The lowest BCUT2D eigenvalue weighted by atomic mass is 10.2. The molecular formula is C10H10N2. The molecule has 2 heteroatoms. The molecule has 1 N–H and O–H groups in total. The van der Waals surface area contributed by atoms with Crippen LogP contribution >= 0.6 is 0 Å². The predicted molar refractivity (Wildman–Crippen MR) is 50.9 cm³/mol. The van der Waals surface area contributed by atoms with E-state index in [0.717, 1.165) is 16.6 Å². The zero-order chi connectivity index (χ0) is 8.55. The quantitative estimate of drug-likeness (QED) is 0.678. The second-order valence-corrected chi connectivity index (χ2v) is 2.80. The molecule has 2 heterocycles. The SMILES string of the molecule is C=Cc1c[nH]c2c(C)ccnc12. The Morgan fingerprint density at radius 2 is 2.42 bits per heavy atom. The van der Waals surface area contributed by atoms with Crippen molar-refractivity contribution in [3.8, 4) is 0 Å². The first-order chi connectivity index (χ1) is 5.83. The normalized spacial score (nSPS) is 10.4. The minimum Gasteiger partial charge on any atom is -0.359 e. The molecule has 2 nitrogen and oxygen atoms in total. The summed E-state index contributed by atoms with van der Waals surface area (Å²) in [4.78, 5) is 7.44. The van der Waals surface area contributed by atoms with E-state index < -0.39 is 0 Å². The van der Waals surface area contributed by atoms with Gasteiger partial charge >= 0.3 is 0 Å². The van der Waals surface area contributed by atoms with Crippen LogP contribution in [0.15, 0.2) is 25.0 Å². The number of nitrogens with zero attached hydrogens (tertiary/aromatic N) is 1. The van der Waals surface area contributed by atoms with E-state index in [1.807, 2.05) is 24.5 Å². The van der Waals surface area contributed by atoms with E-state index in [1.165, 1.54) is 5.56 Å². The summed E-state index contributed by atoms with van der Waals surface area (Å²) in [5.74, 6) is 0. The summed E-state index contributed by atoms with van der Waals surface area (Å²) in [5.41, 5.74) is 4.39. The fourth-order valence-corrected chi connectivity index (χ4v) is 1.33. The molecule has 0 radical (unpaired) electrons. The zero-order valence-electron chi connectivity index (χ0n) is 6.96. The van der Waals surface area contributed by atoms with Gasteiger partial charge in [0.2, 0.25) is 0 Å². The van der Waals surface area contributed by atoms with Gasteiger partial charge in [0, 0.05) is 18.0 Å². The molecule has 2 aromatic heterocycles. The first-order valence-electron chi connectivity index (χ1n) is 3.88. The molecule has 0 unspecified atom stereocenters. The van der Waals surface area contributed by atoms with Gasteiger partial charge in [0.15, 0.2) is 0 Å². The monoisotopic (exact) mass is 158 g/mol. The number of aromatic nitrogens is 2. The minimum absolute atomic E-state index is 1.00. The average molecular weight is 158 g/mol. The summed E-state index contributed by atoms with van der Waals surface area (Å²) >= 11 is 0. The molecule has 12 heavy (non-hydrogen) atoms. The third-order valence-corrected chi connectivity index (χ3v) is 2.02. The van der Waals surface area contributed by atoms with E-state index in [4.69, 9.17) is 0 Å². The molecule has 0 bridgehead atoms. The van der Waals surface area contributed by atoms with Crippen LogP contribution in [0.1, 0.15) is 11.1 Å². The number of nitrogens with one attached hydrogen (secondary N) is 1. The fourth-order valence-electron chi connectivity index (χ4n) is 1.33. The highest BCUT2D eigenvalue weighted by Crippen LogP contribution is 2.18. The Hall–Kier alpha value is -1.57. The number of fused-ring (bicyclic) bond motifs is 1. The van der Waals surface area contributed by atoms with Crippen LogP contribution in [-0.2, 0) is 0 Å². The number of hydrogen-bond donors (Lipinski definition) is 1. The highest BCUT2D eigenvalue weighted by Gasteiger charge is 2.02. The molecule has 0 fully saturated rings. The van der Waals surface area contributed by atoms with E-state index in [0.29, 0.717) is 0 Å². The highest BCUT2D eigenvalue weighted by molar-refractivity contribution is 5.86. The van der Waals surface area contributed by atoms with Gasteiger partial charge in [0.05, 0.1) is 11.0 Å². The number of hydrogen-bond acceptors (Lipinski definition) is 1. The van der Waals surface area contributed by atoms with Crippen LogP contribution in [0.5, 0.6) is 0 Å². The van der Waals surface area contributed by atoms with Gasteiger partial charge in [-0.05, 0) is 18.6 Å². The van der Waals surface area contributed by atoms with E-state index in [-0.39, 0.29) is 0 Å². The maximum atomic E-state index is 4.27. The van der Waals surface area contributed by atoms with Crippen molar-refractivity contribution in [1.82, 2.24) is 9.97 Å². The predicted octanol–water partition coefficient (Wildman–Crippen LogP) is 2.51. The number of H-pyrrole nitrogens is 1. The van der Waals surface area contributed by atoms with Crippen LogP contribution in [0.25, 0.3) is 17.1 Å². The standard InChI is InChI=1S/C10H10N2/c1-3-8-6-12-9-7(2)4-5-11-10(8)9/h3-6,12H,1H2,2H3. The van der Waals surface area contributed by atoms with Gasteiger partial charge in [0.1, 0.15) is 0 Å². The minimum atomic E-state index is 1.00. The first-order valence-corrected chi connectivity index (χ1v) is 3.88. The van der Waals surface area contributed by atoms with Crippen LogP contribution in [0.4, 0.5) is 0 Å². The first kappa shape index (κ1) is 7.10. The van der Waals surface area contributed by atoms with Gasteiger partial charge in [-0.1, -0.05) is 12.7 Å². The number of rotatable bonds is 1. The van der Waals surface area contributed by atoms with Gasteiger partial charge < -0.3 is 4.98 Å². The van der Waals surface area contributed by atoms with Crippen molar-refractivity contribution in [2.24, 2.45) is 0 Å². The van der Waals surface area contributed by atoms with Crippen molar-refractivity contribution in [3.05, 3.63) is 36.2 Å². The molecule has 0 aliphatic rings.